The summed E-state index contributed by atoms with van der Waals surface area (Å²) in [5.74, 6) is 0. The van der Waals surface area contributed by atoms with E-state index in [9.17, 15) is 0 Å². The summed E-state index contributed by atoms with van der Waals surface area (Å²) in [5.41, 5.74) is 18.9. The highest BCUT2D eigenvalue weighted by molar-refractivity contribution is 6.20. The summed E-state index contributed by atoms with van der Waals surface area (Å²) in [4.78, 5) is 2.50. The Labute approximate surface area is 344 Å². The Morgan fingerprint density at radius 2 is 1.03 bits per heavy atom. The summed E-state index contributed by atoms with van der Waals surface area (Å²) in [6, 6.07) is 71.4. The largest absolute Gasteiger partial charge is 0.455 e. The molecule has 1 atom stereocenters. The molecule has 0 fully saturated rings. The molecular formula is C57H41NO. The minimum absolute atomic E-state index is 0.181. The van der Waals surface area contributed by atoms with E-state index in [1.165, 1.54) is 66.6 Å². The predicted octanol–water partition coefficient (Wildman–Crippen LogP) is 15.5. The van der Waals surface area contributed by atoms with E-state index in [1.807, 2.05) is 0 Å². The molecule has 1 unspecified atom stereocenters. The second-order valence-electron chi connectivity index (χ2n) is 16.9. The number of furan rings is 1. The molecule has 59 heavy (non-hydrogen) atoms. The van der Waals surface area contributed by atoms with Crippen molar-refractivity contribution < 1.29 is 4.42 Å². The maximum atomic E-state index is 6.85. The van der Waals surface area contributed by atoms with Crippen LogP contribution in [0.3, 0.4) is 0 Å². The van der Waals surface area contributed by atoms with Crippen LogP contribution < -0.4 is 4.90 Å². The first-order valence-corrected chi connectivity index (χ1v) is 20.7. The van der Waals surface area contributed by atoms with Crippen molar-refractivity contribution in [2.75, 3.05) is 4.90 Å². The highest BCUT2D eigenvalue weighted by Crippen LogP contribution is 2.57. The Morgan fingerprint density at radius 3 is 1.86 bits per heavy atom. The molecule has 0 saturated heterocycles. The molecule has 0 spiro atoms. The van der Waals surface area contributed by atoms with E-state index in [1.54, 1.807) is 0 Å². The van der Waals surface area contributed by atoms with Gasteiger partial charge < -0.3 is 9.32 Å². The van der Waals surface area contributed by atoms with Gasteiger partial charge in [-0.2, -0.15) is 0 Å². The van der Waals surface area contributed by atoms with Crippen LogP contribution in [-0.4, -0.2) is 0 Å². The second kappa shape index (κ2) is 12.4. The Bertz CT molecular complexity index is 3330. The topological polar surface area (TPSA) is 16.4 Å². The van der Waals surface area contributed by atoms with Crippen molar-refractivity contribution in [3.05, 3.63) is 222 Å². The fourth-order valence-electron chi connectivity index (χ4n) is 10.8. The lowest BCUT2D eigenvalue weighted by molar-refractivity contribution is 0.662. The number of fused-ring (bicyclic) bond motifs is 11. The predicted molar refractivity (Wildman–Crippen MR) is 246 cm³/mol. The molecule has 1 heterocycles. The lowest BCUT2D eigenvalue weighted by Gasteiger charge is -2.32. The van der Waals surface area contributed by atoms with Crippen LogP contribution in [0.2, 0.25) is 0 Å². The number of benzene rings is 9. The van der Waals surface area contributed by atoms with Gasteiger partial charge in [-0.1, -0.05) is 172 Å². The first kappa shape index (κ1) is 33.9. The van der Waals surface area contributed by atoms with E-state index in [4.69, 9.17) is 4.42 Å². The summed E-state index contributed by atoms with van der Waals surface area (Å²) in [6.07, 6.45) is 0. The monoisotopic (exact) mass is 755 g/mol. The lowest BCUT2D eigenvalue weighted by Crippen LogP contribution is -2.23. The lowest BCUT2D eigenvalue weighted by atomic mass is 9.74. The zero-order valence-electron chi connectivity index (χ0n) is 33.3. The molecular weight excluding hydrogens is 715 g/mol. The molecule has 1 aromatic heterocycles. The zero-order valence-corrected chi connectivity index (χ0v) is 33.3. The van der Waals surface area contributed by atoms with Crippen molar-refractivity contribution in [2.45, 2.75) is 31.6 Å². The average molecular weight is 756 g/mol. The van der Waals surface area contributed by atoms with Gasteiger partial charge in [0.15, 0.2) is 0 Å². The molecule has 2 heteroatoms. The maximum Gasteiger partial charge on any atom is 0.143 e. The summed E-state index contributed by atoms with van der Waals surface area (Å²) in [7, 11) is 0. The van der Waals surface area contributed by atoms with Gasteiger partial charge in [0.2, 0.25) is 0 Å². The molecule has 0 N–H and O–H groups in total. The van der Waals surface area contributed by atoms with Crippen LogP contribution in [0.5, 0.6) is 0 Å². The van der Waals surface area contributed by atoms with Crippen LogP contribution in [0, 0.1) is 0 Å². The molecule has 10 aromatic rings. The van der Waals surface area contributed by atoms with Crippen molar-refractivity contribution in [2.24, 2.45) is 0 Å². The Kier molecular flexibility index (Phi) is 7.14. The standard InChI is InChI=1S/C57H41NO/c1-56(2)47-26-12-9-22-41(47)44-24-15-25-45(54(44)56)43-23-11-14-28-50(43)58(51-29-16-30-52-53(51)46-33-31-36-17-7-8-20-39(36)55(46)59-52)38-32-34-42-40-21-10-13-27-48(40)57(3,49(42)35-38)37-18-5-4-6-19-37/h4-35H,1-3H3. The van der Waals surface area contributed by atoms with Crippen LogP contribution in [0.15, 0.2) is 199 Å². The molecule has 0 aliphatic heterocycles. The van der Waals surface area contributed by atoms with Gasteiger partial charge in [0.25, 0.3) is 0 Å². The summed E-state index contributed by atoms with van der Waals surface area (Å²) >= 11 is 0. The fourth-order valence-corrected chi connectivity index (χ4v) is 10.8. The summed E-state index contributed by atoms with van der Waals surface area (Å²) < 4.78 is 6.85. The van der Waals surface area contributed by atoms with E-state index >= 15 is 0 Å². The van der Waals surface area contributed by atoms with Crippen molar-refractivity contribution >= 4 is 49.8 Å². The fraction of sp³-hybridized carbons (Fsp3) is 0.0877. The van der Waals surface area contributed by atoms with Crippen LogP contribution >= 0.6 is 0 Å². The molecule has 280 valence electrons. The minimum atomic E-state index is -0.350. The number of hydrogen-bond acceptors (Lipinski definition) is 2. The normalized spacial score (nSPS) is 15.9. The number of hydrogen-bond donors (Lipinski definition) is 0. The molecule has 0 amide bonds. The van der Waals surface area contributed by atoms with E-state index in [0.29, 0.717) is 0 Å². The van der Waals surface area contributed by atoms with Gasteiger partial charge in [-0.15, -0.1) is 0 Å². The van der Waals surface area contributed by atoms with Crippen molar-refractivity contribution in [3.63, 3.8) is 0 Å². The minimum Gasteiger partial charge on any atom is -0.455 e. The van der Waals surface area contributed by atoms with Crippen LogP contribution in [-0.2, 0) is 10.8 Å². The molecule has 2 aliphatic carbocycles. The quantitative estimate of drug-likeness (QED) is 0.174. The van der Waals surface area contributed by atoms with E-state index in [-0.39, 0.29) is 10.8 Å². The van der Waals surface area contributed by atoms with Crippen LogP contribution in [0.1, 0.15) is 48.6 Å². The molecule has 0 radical (unpaired) electrons. The molecule has 2 nitrogen and oxygen atoms in total. The number of para-hydroxylation sites is 1. The number of anilines is 3. The third kappa shape index (κ3) is 4.69. The molecule has 0 bridgehead atoms. The first-order chi connectivity index (χ1) is 28.9. The second-order valence-corrected chi connectivity index (χ2v) is 16.9. The molecule has 9 aromatic carbocycles. The van der Waals surface area contributed by atoms with Crippen molar-refractivity contribution in [1.29, 1.82) is 0 Å². The van der Waals surface area contributed by atoms with Gasteiger partial charge >= 0.3 is 0 Å². The third-order valence-electron chi connectivity index (χ3n) is 13.5. The van der Waals surface area contributed by atoms with E-state index < -0.39 is 0 Å². The SMILES string of the molecule is CC1(C)c2ccccc2-c2cccc(-c3ccccc3N(c3ccc4c(c3)C(C)(c3ccccc3)c3ccccc3-4)c3cccc4oc5c6ccccc6ccc5c34)c21. The van der Waals surface area contributed by atoms with Gasteiger partial charge in [0.05, 0.1) is 16.8 Å². The third-order valence-corrected chi connectivity index (χ3v) is 13.5. The molecule has 2 aliphatic rings. The van der Waals surface area contributed by atoms with Crippen LogP contribution in [0.25, 0.3) is 66.1 Å². The summed E-state index contributed by atoms with van der Waals surface area (Å²) in [5, 5.41) is 4.50. The Balaban J connectivity index is 1.16. The van der Waals surface area contributed by atoms with Gasteiger partial charge in [0, 0.05) is 32.9 Å². The zero-order chi connectivity index (χ0) is 39.5. The van der Waals surface area contributed by atoms with Crippen molar-refractivity contribution in [3.8, 4) is 33.4 Å². The molecule has 0 saturated carbocycles. The highest BCUT2D eigenvalue weighted by atomic mass is 16.3. The van der Waals surface area contributed by atoms with Gasteiger partial charge in [-0.3, -0.25) is 0 Å². The van der Waals surface area contributed by atoms with Crippen molar-refractivity contribution in [1.82, 2.24) is 0 Å². The Morgan fingerprint density at radius 1 is 0.424 bits per heavy atom. The van der Waals surface area contributed by atoms with E-state index in [0.717, 1.165) is 44.4 Å². The maximum absolute atomic E-state index is 6.85. The van der Waals surface area contributed by atoms with E-state index in [2.05, 4.69) is 220 Å². The average Bonchev–Trinajstić information content (AvgIpc) is 3.89. The van der Waals surface area contributed by atoms with Crippen LogP contribution in [0.4, 0.5) is 17.1 Å². The molecule has 12 rings (SSSR count). The number of nitrogens with zero attached hydrogens (tertiary/aromatic N) is 1. The smallest absolute Gasteiger partial charge is 0.143 e. The highest BCUT2D eigenvalue weighted by Gasteiger charge is 2.42. The van der Waals surface area contributed by atoms with Gasteiger partial charge in [-0.05, 0) is 104 Å². The van der Waals surface area contributed by atoms with Gasteiger partial charge in [0.1, 0.15) is 11.2 Å². The number of rotatable bonds is 5. The van der Waals surface area contributed by atoms with Gasteiger partial charge in [-0.25, -0.2) is 0 Å². The Hall–Kier alpha value is -7.16. The first-order valence-electron chi connectivity index (χ1n) is 20.7. The summed E-state index contributed by atoms with van der Waals surface area (Å²) in [6.45, 7) is 7.16.